The second-order valence-corrected chi connectivity index (χ2v) is 6.74. The number of fused-ring (bicyclic) bond motifs is 1. The van der Waals surface area contributed by atoms with Crippen molar-refractivity contribution in [2.75, 3.05) is 18.4 Å². The second kappa shape index (κ2) is 5.95. The molecule has 1 aliphatic heterocycles. The standard InChI is InChI=1S/C15H17ClN2S/c16-15-6-5-13(19-15)10-17-8-11-7-12-3-1-2-4-14(12)18-9-11/h1-6,11,17-18H,7-10H2. The van der Waals surface area contributed by atoms with Gasteiger partial charge in [-0.3, -0.25) is 0 Å². The van der Waals surface area contributed by atoms with Crippen LogP contribution >= 0.6 is 22.9 Å². The first-order valence-electron chi connectivity index (χ1n) is 6.58. The third-order valence-corrected chi connectivity index (χ3v) is 4.70. The molecule has 0 radical (unpaired) electrons. The fourth-order valence-electron chi connectivity index (χ4n) is 2.50. The van der Waals surface area contributed by atoms with Gasteiger partial charge >= 0.3 is 0 Å². The Morgan fingerprint density at radius 2 is 2.16 bits per heavy atom. The van der Waals surface area contributed by atoms with Crippen LogP contribution in [0.15, 0.2) is 36.4 Å². The van der Waals surface area contributed by atoms with Crippen LogP contribution in [-0.2, 0) is 13.0 Å². The summed E-state index contributed by atoms with van der Waals surface area (Å²) < 4.78 is 0.866. The van der Waals surface area contributed by atoms with E-state index in [1.165, 1.54) is 16.1 Å². The summed E-state index contributed by atoms with van der Waals surface area (Å²) in [5, 5.41) is 7.03. The Morgan fingerprint density at radius 1 is 1.26 bits per heavy atom. The average molecular weight is 293 g/mol. The zero-order valence-corrected chi connectivity index (χ0v) is 12.2. The van der Waals surface area contributed by atoms with Gasteiger partial charge in [0.2, 0.25) is 0 Å². The van der Waals surface area contributed by atoms with Gasteiger partial charge in [-0.2, -0.15) is 0 Å². The molecule has 19 heavy (non-hydrogen) atoms. The largest absolute Gasteiger partial charge is 0.384 e. The summed E-state index contributed by atoms with van der Waals surface area (Å²) in [5.41, 5.74) is 2.73. The summed E-state index contributed by atoms with van der Waals surface area (Å²) in [6, 6.07) is 12.6. The molecule has 4 heteroatoms. The molecule has 0 aliphatic carbocycles. The topological polar surface area (TPSA) is 24.1 Å². The van der Waals surface area contributed by atoms with Crippen molar-refractivity contribution in [2.24, 2.45) is 5.92 Å². The molecule has 0 fully saturated rings. The second-order valence-electron chi connectivity index (χ2n) is 4.94. The SMILES string of the molecule is Clc1ccc(CNCC2CNc3ccccc3C2)s1. The first-order valence-corrected chi connectivity index (χ1v) is 7.77. The summed E-state index contributed by atoms with van der Waals surface area (Å²) in [6.07, 6.45) is 1.15. The highest BCUT2D eigenvalue weighted by Crippen LogP contribution is 2.24. The van der Waals surface area contributed by atoms with Gasteiger partial charge in [-0.25, -0.2) is 0 Å². The fourth-order valence-corrected chi connectivity index (χ4v) is 3.56. The molecule has 3 rings (SSSR count). The maximum Gasteiger partial charge on any atom is 0.0931 e. The van der Waals surface area contributed by atoms with Crippen LogP contribution in [0.25, 0.3) is 0 Å². The lowest BCUT2D eigenvalue weighted by molar-refractivity contribution is 0.485. The van der Waals surface area contributed by atoms with Crippen molar-refractivity contribution >= 4 is 28.6 Å². The van der Waals surface area contributed by atoms with Crippen molar-refractivity contribution in [3.63, 3.8) is 0 Å². The lowest BCUT2D eigenvalue weighted by Gasteiger charge is -2.26. The molecule has 0 saturated carbocycles. The van der Waals surface area contributed by atoms with E-state index in [0.717, 1.165) is 30.4 Å². The predicted molar refractivity (Wildman–Crippen MR) is 83.2 cm³/mol. The summed E-state index contributed by atoms with van der Waals surface area (Å²) in [4.78, 5) is 1.30. The zero-order valence-electron chi connectivity index (χ0n) is 10.7. The number of halogens is 1. The number of hydrogen-bond donors (Lipinski definition) is 2. The molecule has 0 spiro atoms. The van der Waals surface area contributed by atoms with Crippen LogP contribution in [-0.4, -0.2) is 13.1 Å². The molecule has 2 N–H and O–H groups in total. The number of rotatable bonds is 4. The zero-order chi connectivity index (χ0) is 13.1. The molecule has 2 aromatic rings. The molecule has 1 atom stereocenters. The van der Waals surface area contributed by atoms with Crippen molar-refractivity contribution in [2.45, 2.75) is 13.0 Å². The Morgan fingerprint density at radius 3 is 3.00 bits per heavy atom. The lowest BCUT2D eigenvalue weighted by Crippen LogP contribution is -2.32. The van der Waals surface area contributed by atoms with Crippen LogP contribution in [0.1, 0.15) is 10.4 Å². The van der Waals surface area contributed by atoms with Crippen LogP contribution < -0.4 is 10.6 Å². The van der Waals surface area contributed by atoms with E-state index >= 15 is 0 Å². The van der Waals surface area contributed by atoms with E-state index in [9.17, 15) is 0 Å². The van der Waals surface area contributed by atoms with Gasteiger partial charge in [-0.15, -0.1) is 11.3 Å². The van der Waals surface area contributed by atoms with Crippen LogP contribution in [0.3, 0.4) is 0 Å². The minimum Gasteiger partial charge on any atom is -0.384 e. The maximum atomic E-state index is 5.92. The van der Waals surface area contributed by atoms with E-state index in [4.69, 9.17) is 11.6 Å². The molecular weight excluding hydrogens is 276 g/mol. The van der Waals surface area contributed by atoms with E-state index in [1.54, 1.807) is 11.3 Å². The number of benzene rings is 1. The van der Waals surface area contributed by atoms with Gasteiger partial charge in [-0.05, 0) is 36.1 Å². The molecule has 0 amide bonds. The summed E-state index contributed by atoms with van der Waals surface area (Å²) >= 11 is 7.58. The summed E-state index contributed by atoms with van der Waals surface area (Å²) in [5.74, 6) is 0.658. The molecular formula is C15H17ClN2S. The molecule has 0 saturated heterocycles. The van der Waals surface area contributed by atoms with Gasteiger partial charge < -0.3 is 10.6 Å². The third kappa shape index (κ3) is 3.30. The number of hydrogen-bond acceptors (Lipinski definition) is 3. The van der Waals surface area contributed by atoms with Crippen LogP contribution in [0.2, 0.25) is 4.34 Å². The molecule has 1 aliphatic rings. The van der Waals surface area contributed by atoms with Gasteiger partial charge in [0.15, 0.2) is 0 Å². The molecule has 1 aromatic heterocycles. The third-order valence-electron chi connectivity index (χ3n) is 3.47. The first kappa shape index (κ1) is 13.0. The van der Waals surface area contributed by atoms with Crippen molar-refractivity contribution in [1.82, 2.24) is 5.32 Å². The van der Waals surface area contributed by atoms with Crippen molar-refractivity contribution in [1.29, 1.82) is 0 Å². The molecule has 1 unspecified atom stereocenters. The van der Waals surface area contributed by atoms with Gasteiger partial charge in [0.05, 0.1) is 4.34 Å². The first-order chi connectivity index (χ1) is 9.31. The highest BCUT2D eigenvalue weighted by molar-refractivity contribution is 7.16. The summed E-state index contributed by atoms with van der Waals surface area (Å²) in [7, 11) is 0. The number of para-hydroxylation sites is 1. The van der Waals surface area contributed by atoms with E-state index in [2.05, 4.69) is 41.0 Å². The predicted octanol–water partition coefficient (Wildman–Crippen LogP) is 3.78. The molecule has 0 bridgehead atoms. The molecule has 2 nitrogen and oxygen atoms in total. The Balaban J connectivity index is 1.50. The smallest absolute Gasteiger partial charge is 0.0931 e. The Kier molecular flexibility index (Phi) is 4.06. The number of anilines is 1. The normalized spacial score (nSPS) is 17.8. The van der Waals surface area contributed by atoms with E-state index in [-0.39, 0.29) is 0 Å². The van der Waals surface area contributed by atoms with Gasteiger partial charge in [0, 0.05) is 30.2 Å². The van der Waals surface area contributed by atoms with Crippen molar-refractivity contribution < 1.29 is 0 Å². The Hall–Kier alpha value is -1.03. The minimum atomic E-state index is 0.658. The van der Waals surface area contributed by atoms with Crippen molar-refractivity contribution in [3.05, 3.63) is 51.2 Å². The Bertz CT molecular complexity index is 553. The Labute approximate surface area is 122 Å². The van der Waals surface area contributed by atoms with Crippen LogP contribution in [0.5, 0.6) is 0 Å². The number of thiophene rings is 1. The highest BCUT2D eigenvalue weighted by atomic mass is 35.5. The molecule has 1 aromatic carbocycles. The van der Waals surface area contributed by atoms with E-state index in [1.807, 2.05) is 6.07 Å². The fraction of sp³-hybridized carbons (Fsp3) is 0.333. The van der Waals surface area contributed by atoms with E-state index < -0.39 is 0 Å². The number of nitrogens with one attached hydrogen (secondary N) is 2. The van der Waals surface area contributed by atoms with Crippen LogP contribution in [0, 0.1) is 5.92 Å². The highest BCUT2D eigenvalue weighted by Gasteiger charge is 2.17. The average Bonchev–Trinajstić information content (AvgIpc) is 2.84. The van der Waals surface area contributed by atoms with Crippen molar-refractivity contribution in [3.8, 4) is 0 Å². The van der Waals surface area contributed by atoms with Crippen LogP contribution in [0.4, 0.5) is 5.69 Å². The van der Waals surface area contributed by atoms with Gasteiger partial charge in [0.25, 0.3) is 0 Å². The lowest BCUT2D eigenvalue weighted by atomic mass is 9.94. The van der Waals surface area contributed by atoms with Gasteiger partial charge in [0.1, 0.15) is 0 Å². The quantitative estimate of drug-likeness (QED) is 0.896. The van der Waals surface area contributed by atoms with E-state index in [0.29, 0.717) is 5.92 Å². The summed E-state index contributed by atoms with van der Waals surface area (Å²) in [6.45, 7) is 3.00. The molecule has 2 heterocycles. The maximum absolute atomic E-state index is 5.92. The van der Waals surface area contributed by atoms with Gasteiger partial charge in [-0.1, -0.05) is 29.8 Å². The monoisotopic (exact) mass is 292 g/mol. The molecule has 100 valence electrons. The minimum absolute atomic E-state index is 0.658.